The predicted molar refractivity (Wildman–Crippen MR) is 249 cm³/mol. The second-order valence-electron chi connectivity index (χ2n) is 18.4. The number of amides is 3. The van der Waals surface area contributed by atoms with E-state index in [0.717, 1.165) is 119 Å². The molecular weight excluding hydrogens is 799 g/mol. The van der Waals surface area contributed by atoms with Crippen LogP contribution in [-0.4, -0.2) is 79.6 Å². The van der Waals surface area contributed by atoms with Gasteiger partial charge >= 0.3 is 0 Å². The molecule has 4 fully saturated rings. The number of nitrogen functional groups attached to an aromatic ring is 2. The summed E-state index contributed by atoms with van der Waals surface area (Å²) in [5.74, 6) is 3.69. The average Bonchev–Trinajstić information content (AvgIpc) is 4.01. The number of hydrogen-bond donors (Lipinski definition) is 9. The van der Waals surface area contributed by atoms with Gasteiger partial charge in [-0.3, -0.25) is 19.5 Å². The fourth-order valence-electron chi connectivity index (χ4n) is 9.25. The van der Waals surface area contributed by atoms with Gasteiger partial charge in [0, 0.05) is 66.6 Å². The van der Waals surface area contributed by atoms with Crippen LogP contribution in [-0.2, 0) is 14.4 Å². The van der Waals surface area contributed by atoms with E-state index in [9.17, 15) is 14.4 Å². The summed E-state index contributed by atoms with van der Waals surface area (Å²) in [7, 11) is 0. The highest BCUT2D eigenvalue weighted by atomic mass is 16.2. The van der Waals surface area contributed by atoms with Gasteiger partial charge in [-0.15, -0.1) is 0 Å². The fraction of sp³-hybridized carbons (Fsp3) is 0.600. The molecule has 4 aromatic rings. The van der Waals surface area contributed by atoms with Gasteiger partial charge in [0.15, 0.2) is 5.65 Å². The Morgan fingerprint density at radius 2 is 1.29 bits per heavy atom. The standard InChI is InChI=1S/C17H26N4O.C16H23N5O.C12H20N6O/c18-12-13-3-5-14(6-4-13)17(22)20-15-7-8-19-16(11-15)21-9-1-2-10-21;1-16(2,17)11-5-3-10(4-6-11)15(22)20-13-7-8-18-14-12(13)9-19-21-14;13-6-7-1-3-8(4-2-7)11(19)17-10-5-9(14)16-12(15)18-10/h7-8,11,13-14H,1-6,9-10,12,18H2,(H,19,20,22);7-11H,3-6,17H2,1-2H3,(H2,18,19,20,21,22);5,7-8H,1-4,6,13H2,(H5,14,15,16,17,18,19)/t13-,14-;10-,11-;7-,8-. The van der Waals surface area contributed by atoms with Gasteiger partial charge < -0.3 is 49.5 Å². The molecule has 8 rings (SSSR count). The topological polar surface area (TPSA) is 301 Å². The lowest BCUT2D eigenvalue weighted by atomic mass is 9.73. The number of anilines is 6. The first kappa shape index (κ1) is 47.0. The molecule has 18 nitrogen and oxygen atoms in total. The van der Waals surface area contributed by atoms with Gasteiger partial charge in [0.05, 0.1) is 17.3 Å². The van der Waals surface area contributed by atoms with Gasteiger partial charge in [-0.25, -0.2) is 9.97 Å². The number of H-pyrrole nitrogens is 1. The molecule has 63 heavy (non-hydrogen) atoms. The van der Waals surface area contributed by atoms with E-state index in [0.29, 0.717) is 35.8 Å². The van der Waals surface area contributed by atoms with Crippen molar-refractivity contribution < 1.29 is 14.4 Å². The number of aromatic amines is 1. The van der Waals surface area contributed by atoms with Crippen molar-refractivity contribution in [3.63, 3.8) is 0 Å². The van der Waals surface area contributed by atoms with Crippen LogP contribution in [0.4, 0.5) is 34.8 Å². The SMILES string of the molecule is CC(C)(N)[C@H]1CC[C@H](C(=O)Nc2ccnc3[nH]ncc23)CC1.NC[C@H]1CC[C@H](C(=O)Nc2cc(N)nc(N)n2)CC1.NC[C@H]1CC[C@H](C(=O)Nc2ccnc(N3CCCC3)c2)CC1. The van der Waals surface area contributed by atoms with Crippen molar-refractivity contribution in [1.82, 2.24) is 30.1 Å². The smallest absolute Gasteiger partial charge is 0.228 e. The van der Waals surface area contributed by atoms with E-state index in [1.807, 2.05) is 18.2 Å². The minimum absolute atomic E-state index is 0.0141. The van der Waals surface area contributed by atoms with Gasteiger partial charge in [0.1, 0.15) is 17.5 Å². The van der Waals surface area contributed by atoms with E-state index >= 15 is 0 Å². The number of nitrogens with two attached hydrogens (primary N) is 5. The molecule has 4 aromatic heterocycles. The maximum Gasteiger partial charge on any atom is 0.228 e. The summed E-state index contributed by atoms with van der Waals surface area (Å²) in [5, 5.41) is 16.5. The maximum absolute atomic E-state index is 12.5. The van der Waals surface area contributed by atoms with Crippen LogP contribution in [0.15, 0.2) is 42.9 Å². The van der Waals surface area contributed by atoms with Crippen molar-refractivity contribution >= 4 is 63.5 Å². The number of carbonyl (C=O) groups is 3. The molecule has 0 aromatic carbocycles. The monoisotopic (exact) mass is 868 g/mol. The first-order chi connectivity index (χ1) is 30.3. The number of pyridine rings is 2. The zero-order valence-corrected chi connectivity index (χ0v) is 37.0. The predicted octanol–water partition coefficient (Wildman–Crippen LogP) is 5.17. The molecule has 18 heteroatoms. The molecule has 0 spiro atoms. The van der Waals surface area contributed by atoms with Crippen LogP contribution in [0, 0.1) is 35.5 Å². The number of hydrogen-bond acceptors (Lipinski definition) is 14. The van der Waals surface area contributed by atoms with Crippen LogP contribution in [0.1, 0.15) is 104 Å². The zero-order chi connectivity index (χ0) is 44.9. The van der Waals surface area contributed by atoms with Crippen molar-refractivity contribution in [2.45, 2.75) is 109 Å². The molecule has 3 saturated carbocycles. The number of rotatable bonds is 10. The van der Waals surface area contributed by atoms with E-state index < -0.39 is 0 Å². The normalized spacial score (nSPS) is 23.7. The van der Waals surface area contributed by atoms with Gasteiger partial charge in [-0.2, -0.15) is 15.1 Å². The average molecular weight is 868 g/mol. The first-order valence-corrected chi connectivity index (χ1v) is 22.8. The van der Waals surface area contributed by atoms with Crippen molar-refractivity contribution in [2.75, 3.05) is 58.5 Å². The summed E-state index contributed by atoms with van der Waals surface area (Å²) in [6, 6.07) is 7.18. The molecule has 4 aliphatic rings. The number of carbonyl (C=O) groups excluding carboxylic acids is 3. The summed E-state index contributed by atoms with van der Waals surface area (Å²) in [4.78, 5) is 55.6. The lowest BCUT2D eigenvalue weighted by Crippen LogP contribution is -2.43. The summed E-state index contributed by atoms with van der Waals surface area (Å²) in [6.07, 6.45) is 19.2. The highest BCUT2D eigenvalue weighted by Gasteiger charge is 2.33. The Labute approximate surface area is 370 Å². The minimum atomic E-state index is -0.157. The van der Waals surface area contributed by atoms with E-state index in [-0.39, 0.29) is 52.8 Å². The molecule has 3 amide bonds. The molecule has 14 N–H and O–H groups in total. The third-order valence-corrected chi connectivity index (χ3v) is 13.3. The summed E-state index contributed by atoms with van der Waals surface area (Å²) in [6.45, 7) is 7.72. The van der Waals surface area contributed by atoms with Crippen LogP contribution in [0.25, 0.3) is 11.0 Å². The quantitative estimate of drug-likeness (QED) is 0.0994. The molecule has 1 saturated heterocycles. The second kappa shape index (κ2) is 22.2. The molecule has 5 heterocycles. The summed E-state index contributed by atoms with van der Waals surface area (Å²) >= 11 is 0. The Kier molecular flexibility index (Phi) is 16.6. The second-order valence-corrected chi connectivity index (χ2v) is 18.4. The molecule has 0 atom stereocenters. The van der Waals surface area contributed by atoms with Crippen LogP contribution in [0.3, 0.4) is 0 Å². The van der Waals surface area contributed by atoms with E-state index in [2.05, 4.69) is 64.8 Å². The number of fused-ring (bicyclic) bond motifs is 1. The molecule has 0 unspecified atom stereocenters. The van der Waals surface area contributed by atoms with E-state index in [1.54, 1.807) is 18.6 Å². The Morgan fingerprint density at radius 3 is 1.86 bits per heavy atom. The van der Waals surface area contributed by atoms with Gasteiger partial charge in [0.2, 0.25) is 23.7 Å². The van der Waals surface area contributed by atoms with Crippen LogP contribution in [0.5, 0.6) is 0 Å². The molecule has 0 radical (unpaired) electrons. The lowest BCUT2D eigenvalue weighted by molar-refractivity contribution is -0.121. The van der Waals surface area contributed by atoms with Crippen molar-refractivity contribution in [3.8, 4) is 0 Å². The first-order valence-electron chi connectivity index (χ1n) is 22.8. The Bertz CT molecular complexity index is 2070. The maximum atomic E-state index is 12.5. The highest BCUT2D eigenvalue weighted by molar-refractivity contribution is 6.00. The van der Waals surface area contributed by atoms with Crippen LogP contribution >= 0.6 is 0 Å². The molecule has 342 valence electrons. The number of nitrogens with one attached hydrogen (secondary N) is 4. The van der Waals surface area contributed by atoms with E-state index in [1.165, 1.54) is 18.9 Å². The van der Waals surface area contributed by atoms with Gasteiger partial charge in [0.25, 0.3) is 0 Å². The Hall–Kier alpha value is -5.46. The van der Waals surface area contributed by atoms with Crippen molar-refractivity contribution in [3.05, 3.63) is 42.9 Å². The summed E-state index contributed by atoms with van der Waals surface area (Å²) < 4.78 is 0. The van der Waals surface area contributed by atoms with Crippen molar-refractivity contribution in [1.29, 1.82) is 0 Å². The Morgan fingerprint density at radius 1 is 0.730 bits per heavy atom. The highest BCUT2D eigenvalue weighted by Crippen LogP contribution is 2.35. The fourth-order valence-corrected chi connectivity index (χ4v) is 9.25. The minimum Gasteiger partial charge on any atom is -0.383 e. The van der Waals surface area contributed by atoms with E-state index in [4.69, 9.17) is 28.7 Å². The van der Waals surface area contributed by atoms with Gasteiger partial charge in [-0.05, 0) is 147 Å². The third kappa shape index (κ3) is 13.5. The van der Waals surface area contributed by atoms with Crippen molar-refractivity contribution in [2.24, 2.45) is 52.7 Å². The third-order valence-electron chi connectivity index (χ3n) is 13.3. The molecule has 1 aliphatic heterocycles. The lowest BCUT2D eigenvalue weighted by Gasteiger charge is -2.36. The summed E-state index contributed by atoms with van der Waals surface area (Å²) in [5.41, 5.74) is 30.7. The molecule has 0 bridgehead atoms. The largest absolute Gasteiger partial charge is 0.383 e. The van der Waals surface area contributed by atoms with Crippen LogP contribution < -0.4 is 49.5 Å². The number of aromatic nitrogens is 6. The molecular formula is C45H69N15O3. The zero-order valence-electron chi connectivity index (χ0n) is 37.0. The number of nitrogens with zero attached hydrogens (tertiary/aromatic N) is 6. The van der Waals surface area contributed by atoms with Gasteiger partial charge in [-0.1, -0.05) is 0 Å². The molecule has 3 aliphatic carbocycles. The Balaban J connectivity index is 0.000000158. The van der Waals surface area contributed by atoms with Crippen LogP contribution in [0.2, 0.25) is 0 Å².